The molecule has 0 aliphatic carbocycles. The fraction of sp³-hybridized carbons (Fsp3) is 0.833. The van der Waals surface area contributed by atoms with Crippen LogP contribution in [-0.4, -0.2) is 42.8 Å². The van der Waals surface area contributed by atoms with Crippen molar-refractivity contribution in [2.75, 3.05) is 19.8 Å². The van der Waals surface area contributed by atoms with Gasteiger partial charge in [0.1, 0.15) is 0 Å². The lowest BCUT2D eigenvalue weighted by Crippen LogP contribution is -2.51. The van der Waals surface area contributed by atoms with E-state index in [2.05, 4.69) is 5.32 Å². The molecule has 0 aromatic rings. The van der Waals surface area contributed by atoms with Crippen molar-refractivity contribution in [2.45, 2.75) is 26.8 Å². The number of rotatable bonds is 5. The molecule has 3 unspecified atom stereocenters. The van der Waals surface area contributed by atoms with Gasteiger partial charge in [0.05, 0.1) is 24.5 Å². The highest BCUT2D eigenvalue weighted by Gasteiger charge is 2.44. The molecular weight excluding hydrogens is 236 g/mol. The summed E-state index contributed by atoms with van der Waals surface area (Å²) < 4.78 is 5.19. The Bertz CT molecular complexity index is 332. The fourth-order valence-electron chi connectivity index (χ4n) is 1.94. The van der Waals surface area contributed by atoms with Crippen molar-refractivity contribution >= 4 is 11.9 Å². The van der Waals surface area contributed by atoms with Gasteiger partial charge in [-0.15, -0.1) is 0 Å². The SMILES string of the molecule is CC(C)C(CNC(=O)C1(C)COCC1N)C(=O)O. The van der Waals surface area contributed by atoms with E-state index in [0.29, 0.717) is 6.61 Å². The Balaban J connectivity index is 2.57. The topological polar surface area (TPSA) is 102 Å². The second kappa shape index (κ2) is 5.67. The monoisotopic (exact) mass is 258 g/mol. The highest BCUT2D eigenvalue weighted by molar-refractivity contribution is 5.84. The van der Waals surface area contributed by atoms with Gasteiger partial charge in [-0.1, -0.05) is 13.8 Å². The molecule has 1 amide bonds. The van der Waals surface area contributed by atoms with Crippen LogP contribution in [0.1, 0.15) is 20.8 Å². The van der Waals surface area contributed by atoms with Gasteiger partial charge in [-0.25, -0.2) is 0 Å². The lowest BCUT2D eigenvalue weighted by Gasteiger charge is -2.26. The summed E-state index contributed by atoms with van der Waals surface area (Å²) in [6, 6.07) is -0.347. The van der Waals surface area contributed by atoms with Crippen molar-refractivity contribution in [2.24, 2.45) is 23.0 Å². The molecule has 1 aliphatic rings. The maximum Gasteiger partial charge on any atom is 0.308 e. The van der Waals surface area contributed by atoms with E-state index in [9.17, 15) is 9.59 Å². The summed E-state index contributed by atoms with van der Waals surface area (Å²) in [4.78, 5) is 23.1. The van der Waals surface area contributed by atoms with Crippen molar-refractivity contribution in [1.82, 2.24) is 5.32 Å². The Morgan fingerprint density at radius 3 is 2.56 bits per heavy atom. The molecule has 1 saturated heterocycles. The minimum absolute atomic E-state index is 0.0379. The quantitative estimate of drug-likeness (QED) is 0.635. The van der Waals surface area contributed by atoms with Crippen molar-refractivity contribution < 1.29 is 19.4 Å². The molecular formula is C12H22N2O4. The van der Waals surface area contributed by atoms with Gasteiger partial charge in [-0.05, 0) is 12.8 Å². The van der Waals surface area contributed by atoms with Crippen LogP contribution in [0.5, 0.6) is 0 Å². The summed E-state index contributed by atoms with van der Waals surface area (Å²) in [7, 11) is 0. The summed E-state index contributed by atoms with van der Waals surface area (Å²) >= 11 is 0. The number of carbonyl (C=O) groups excluding carboxylic acids is 1. The van der Waals surface area contributed by atoms with Crippen LogP contribution in [0.4, 0.5) is 0 Å². The average Bonchev–Trinajstić information content (AvgIpc) is 2.59. The van der Waals surface area contributed by atoms with Crippen LogP contribution in [0.3, 0.4) is 0 Å². The molecule has 18 heavy (non-hydrogen) atoms. The van der Waals surface area contributed by atoms with E-state index in [-0.39, 0.29) is 31.0 Å². The Morgan fingerprint density at radius 1 is 1.56 bits per heavy atom. The lowest BCUT2D eigenvalue weighted by molar-refractivity contribution is -0.143. The zero-order valence-electron chi connectivity index (χ0n) is 11.1. The minimum Gasteiger partial charge on any atom is -0.481 e. The molecule has 0 spiro atoms. The van der Waals surface area contributed by atoms with E-state index in [4.69, 9.17) is 15.6 Å². The van der Waals surface area contributed by atoms with E-state index >= 15 is 0 Å². The van der Waals surface area contributed by atoms with Gasteiger partial charge >= 0.3 is 5.97 Å². The molecule has 1 heterocycles. The minimum atomic E-state index is -0.901. The summed E-state index contributed by atoms with van der Waals surface area (Å²) in [6.07, 6.45) is 0. The number of carboxylic acid groups (broad SMARTS) is 1. The first kappa shape index (κ1) is 14.9. The summed E-state index contributed by atoms with van der Waals surface area (Å²) in [5.74, 6) is -1.76. The van der Waals surface area contributed by atoms with Crippen LogP contribution in [0.2, 0.25) is 0 Å². The lowest BCUT2D eigenvalue weighted by atomic mass is 9.84. The normalized spacial score (nSPS) is 29.3. The molecule has 0 aromatic heterocycles. The van der Waals surface area contributed by atoms with E-state index in [1.807, 2.05) is 13.8 Å². The van der Waals surface area contributed by atoms with Gasteiger partial charge in [-0.3, -0.25) is 9.59 Å². The van der Waals surface area contributed by atoms with Crippen molar-refractivity contribution in [3.05, 3.63) is 0 Å². The molecule has 104 valence electrons. The van der Waals surface area contributed by atoms with Crippen LogP contribution >= 0.6 is 0 Å². The molecule has 1 aliphatic heterocycles. The van der Waals surface area contributed by atoms with Crippen LogP contribution in [0.15, 0.2) is 0 Å². The van der Waals surface area contributed by atoms with E-state index in [1.165, 1.54) is 0 Å². The van der Waals surface area contributed by atoms with E-state index < -0.39 is 17.3 Å². The molecule has 0 aromatic carbocycles. The Morgan fingerprint density at radius 2 is 2.17 bits per heavy atom. The van der Waals surface area contributed by atoms with E-state index in [1.54, 1.807) is 6.92 Å². The average molecular weight is 258 g/mol. The van der Waals surface area contributed by atoms with Crippen molar-refractivity contribution in [1.29, 1.82) is 0 Å². The third-order valence-corrected chi connectivity index (χ3v) is 3.64. The number of carbonyl (C=O) groups is 2. The van der Waals surface area contributed by atoms with Gasteiger partial charge in [0.2, 0.25) is 5.91 Å². The van der Waals surface area contributed by atoms with Crippen LogP contribution < -0.4 is 11.1 Å². The second-order valence-corrected chi connectivity index (χ2v) is 5.44. The number of nitrogens with one attached hydrogen (secondary N) is 1. The summed E-state index contributed by atoms with van der Waals surface area (Å²) in [5, 5.41) is 11.7. The standard InChI is InChI=1S/C12H22N2O4/c1-7(2)8(10(15)16)4-14-11(17)12(3)6-18-5-9(12)13/h7-9H,4-6,13H2,1-3H3,(H,14,17)(H,15,16). The molecule has 3 atom stereocenters. The summed E-state index contributed by atoms with van der Waals surface area (Å²) in [5.41, 5.74) is 5.07. The number of hydrogen-bond donors (Lipinski definition) is 3. The Kier molecular flexibility index (Phi) is 4.70. The van der Waals surface area contributed by atoms with Crippen LogP contribution in [0, 0.1) is 17.3 Å². The van der Waals surface area contributed by atoms with Gasteiger partial charge in [-0.2, -0.15) is 0 Å². The van der Waals surface area contributed by atoms with Gasteiger partial charge in [0.15, 0.2) is 0 Å². The number of amides is 1. The third kappa shape index (κ3) is 3.00. The van der Waals surface area contributed by atoms with Gasteiger partial charge in [0, 0.05) is 12.6 Å². The molecule has 4 N–H and O–H groups in total. The Labute approximate surface area is 107 Å². The number of carboxylic acids is 1. The van der Waals surface area contributed by atoms with E-state index in [0.717, 1.165) is 0 Å². The highest BCUT2D eigenvalue weighted by Crippen LogP contribution is 2.27. The van der Waals surface area contributed by atoms with Crippen molar-refractivity contribution in [3.63, 3.8) is 0 Å². The van der Waals surface area contributed by atoms with Gasteiger partial charge in [0.25, 0.3) is 0 Å². The predicted octanol–water partition coefficient (Wildman–Crippen LogP) is -0.177. The maximum atomic E-state index is 12.1. The zero-order chi connectivity index (χ0) is 13.9. The third-order valence-electron chi connectivity index (χ3n) is 3.64. The molecule has 0 radical (unpaired) electrons. The maximum absolute atomic E-state index is 12.1. The number of nitrogens with two attached hydrogens (primary N) is 1. The molecule has 1 rings (SSSR count). The smallest absolute Gasteiger partial charge is 0.308 e. The van der Waals surface area contributed by atoms with Crippen LogP contribution in [0.25, 0.3) is 0 Å². The first-order valence-electron chi connectivity index (χ1n) is 6.13. The molecule has 1 fully saturated rings. The zero-order valence-corrected chi connectivity index (χ0v) is 11.1. The molecule has 6 nitrogen and oxygen atoms in total. The summed E-state index contributed by atoms with van der Waals surface area (Å²) in [6.45, 7) is 6.13. The largest absolute Gasteiger partial charge is 0.481 e. The highest BCUT2D eigenvalue weighted by atomic mass is 16.5. The second-order valence-electron chi connectivity index (χ2n) is 5.44. The molecule has 0 bridgehead atoms. The molecule has 6 heteroatoms. The first-order chi connectivity index (χ1) is 8.29. The predicted molar refractivity (Wildman–Crippen MR) is 65.9 cm³/mol. The number of hydrogen-bond acceptors (Lipinski definition) is 4. The Hall–Kier alpha value is -1.14. The van der Waals surface area contributed by atoms with Crippen LogP contribution in [-0.2, 0) is 14.3 Å². The van der Waals surface area contributed by atoms with Crippen molar-refractivity contribution in [3.8, 4) is 0 Å². The molecule has 0 saturated carbocycles. The fourth-order valence-corrected chi connectivity index (χ4v) is 1.94. The first-order valence-corrected chi connectivity index (χ1v) is 6.13. The number of ether oxygens (including phenoxy) is 1. The number of aliphatic carboxylic acids is 1. The van der Waals surface area contributed by atoms with Gasteiger partial charge < -0.3 is 20.9 Å².